The van der Waals surface area contributed by atoms with Gasteiger partial charge in [0.1, 0.15) is 10.7 Å². The van der Waals surface area contributed by atoms with Crippen molar-refractivity contribution >= 4 is 27.6 Å². The minimum absolute atomic E-state index is 0.137. The molecular formula is C11H13ClFNO4S. The number of nitrogens with one attached hydrogen (secondary N) is 1. The predicted octanol–water partition coefficient (Wildman–Crippen LogP) is 1.87. The van der Waals surface area contributed by atoms with E-state index in [9.17, 15) is 17.6 Å². The summed E-state index contributed by atoms with van der Waals surface area (Å²) in [5.74, 6) is -1.90. The molecule has 2 N–H and O–H groups in total. The normalized spacial score (nSPS) is 12.4. The lowest BCUT2D eigenvalue weighted by molar-refractivity contribution is -0.146. The Labute approximate surface area is 115 Å². The molecule has 19 heavy (non-hydrogen) atoms. The van der Waals surface area contributed by atoms with Crippen molar-refractivity contribution in [1.29, 1.82) is 0 Å². The van der Waals surface area contributed by atoms with Gasteiger partial charge in [0.15, 0.2) is 0 Å². The van der Waals surface area contributed by atoms with Crippen molar-refractivity contribution in [3.63, 3.8) is 0 Å². The van der Waals surface area contributed by atoms with E-state index in [4.69, 9.17) is 16.7 Å². The summed E-state index contributed by atoms with van der Waals surface area (Å²) < 4.78 is 39.0. The van der Waals surface area contributed by atoms with Gasteiger partial charge in [-0.2, -0.15) is 0 Å². The highest BCUT2D eigenvalue weighted by Crippen LogP contribution is 2.23. The van der Waals surface area contributed by atoms with Gasteiger partial charge in [0, 0.05) is 6.54 Å². The number of rotatable bonds is 5. The van der Waals surface area contributed by atoms with Gasteiger partial charge in [0.2, 0.25) is 10.0 Å². The molecule has 1 aromatic rings. The predicted molar refractivity (Wildman–Crippen MR) is 68.0 cm³/mol. The van der Waals surface area contributed by atoms with E-state index < -0.39 is 32.1 Å². The number of aliphatic carboxylic acids is 1. The Bertz CT molecular complexity index is 601. The SMILES string of the molecule is CC(C)(CNS(=O)(=O)c1cc(F)ccc1Cl)C(=O)O. The van der Waals surface area contributed by atoms with E-state index >= 15 is 0 Å². The summed E-state index contributed by atoms with van der Waals surface area (Å²) in [4.78, 5) is 10.5. The third-order valence-electron chi connectivity index (χ3n) is 2.47. The molecule has 0 aliphatic carbocycles. The molecule has 0 saturated heterocycles. The number of hydrogen-bond acceptors (Lipinski definition) is 3. The first-order chi connectivity index (χ1) is 8.56. The molecule has 0 fully saturated rings. The number of carbonyl (C=O) groups is 1. The van der Waals surface area contributed by atoms with Crippen molar-refractivity contribution in [3.8, 4) is 0 Å². The second-order valence-electron chi connectivity index (χ2n) is 4.59. The molecule has 0 spiro atoms. The van der Waals surface area contributed by atoms with E-state index in [1.54, 1.807) is 0 Å². The standard InChI is InChI=1S/C11H13ClFNO4S/c1-11(2,10(15)16)6-14-19(17,18)9-5-7(13)3-4-8(9)12/h3-5,14H,6H2,1-2H3,(H,15,16). The molecule has 106 valence electrons. The Morgan fingerprint density at radius 2 is 2.05 bits per heavy atom. The van der Waals surface area contributed by atoms with Crippen LogP contribution in [0.15, 0.2) is 23.1 Å². The lowest BCUT2D eigenvalue weighted by Crippen LogP contribution is -2.38. The number of hydrogen-bond donors (Lipinski definition) is 2. The summed E-state index contributed by atoms with van der Waals surface area (Å²) in [7, 11) is -4.07. The van der Waals surface area contributed by atoms with Crippen LogP contribution in [-0.4, -0.2) is 26.0 Å². The van der Waals surface area contributed by atoms with E-state index in [1.807, 2.05) is 0 Å². The van der Waals surface area contributed by atoms with Crippen LogP contribution >= 0.6 is 11.6 Å². The lowest BCUT2D eigenvalue weighted by atomic mass is 9.95. The van der Waals surface area contributed by atoms with E-state index in [1.165, 1.54) is 13.8 Å². The molecule has 0 aromatic heterocycles. The zero-order valence-corrected chi connectivity index (χ0v) is 11.8. The Morgan fingerprint density at radius 1 is 1.47 bits per heavy atom. The molecule has 0 bridgehead atoms. The molecule has 1 aromatic carbocycles. The smallest absolute Gasteiger partial charge is 0.310 e. The Hall–Kier alpha value is -1.18. The monoisotopic (exact) mass is 309 g/mol. The quantitative estimate of drug-likeness (QED) is 0.869. The molecule has 0 unspecified atom stereocenters. The highest BCUT2D eigenvalue weighted by Gasteiger charge is 2.30. The minimum Gasteiger partial charge on any atom is -0.481 e. The van der Waals surface area contributed by atoms with Crippen molar-refractivity contribution in [2.24, 2.45) is 5.41 Å². The van der Waals surface area contributed by atoms with Gasteiger partial charge in [-0.1, -0.05) is 11.6 Å². The first kappa shape index (κ1) is 15.9. The largest absolute Gasteiger partial charge is 0.481 e. The second-order valence-corrected chi connectivity index (χ2v) is 6.73. The number of sulfonamides is 1. The zero-order chi connectivity index (χ0) is 14.8. The van der Waals surface area contributed by atoms with Gasteiger partial charge in [-0.05, 0) is 32.0 Å². The molecule has 0 amide bonds. The fourth-order valence-corrected chi connectivity index (χ4v) is 2.83. The van der Waals surface area contributed by atoms with Crippen molar-refractivity contribution in [2.75, 3.05) is 6.54 Å². The van der Waals surface area contributed by atoms with Crippen molar-refractivity contribution in [3.05, 3.63) is 29.0 Å². The molecule has 0 saturated carbocycles. The Kier molecular flexibility index (Phi) is 4.54. The van der Waals surface area contributed by atoms with Gasteiger partial charge in [-0.3, -0.25) is 4.79 Å². The van der Waals surface area contributed by atoms with E-state index in [0.29, 0.717) is 0 Å². The fourth-order valence-electron chi connectivity index (χ4n) is 1.11. The van der Waals surface area contributed by atoms with Gasteiger partial charge < -0.3 is 5.11 Å². The number of benzene rings is 1. The molecule has 0 radical (unpaired) electrons. The summed E-state index contributed by atoms with van der Waals surface area (Å²) in [5.41, 5.74) is -1.28. The minimum atomic E-state index is -4.07. The number of carboxylic acid groups (broad SMARTS) is 1. The topological polar surface area (TPSA) is 83.5 Å². The number of carboxylic acids is 1. The van der Waals surface area contributed by atoms with Crippen LogP contribution in [0.5, 0.6) is 0 Å². The molecule has 5 nitrogen and oxygen atoms in total. The molecule has 1 rings (SSSR count). The van der Waals surface area contributed by atoms with Gasteiger partial charge >= 0.3 is 5.97 Å². The second kappa shape index (κ2) is 5.44. The molecule has 8 heteroatoms. The maximum absolute atomic E-state index is 13.0. The molecule has 0 atom stereocenters. The third-order valence-corrected chi connectivity index (χ3v) is 4.35. The molecule has 0 heterocycles. The van der Waals surface area contributed by atoms with Crippen molar-refractivity contribution in [1.82, 2.24) is 4.72 Å². The van der Waals surface area contributed by atoms with Gasteiger partial charge in [-0.25, -0.2) is 17.5 Å². The van der Waals surface area contributed by atoms with E-state index in [0.717, 1.165) is 18.2 Å². The highest BCUT2D eigenvalue weighted by molar-refractivity contribution is 7.89. The van der Waals surface area contributed by atoms with Crippen molar-refractivity contribution in [2.45, 2.75) is 18.7 Å². The maximum Gasteiger partial charge on any atom is 0.310 e. The first-order valence-electron chi connectivity index (χ1n) is 5.24. The van der Waals surface area contributed by atoms with Crippen LogP contribution in [0.2, 0.25) is 5.02 Å². The third kappa shape index (κ3) is 3.89. The van der Waals surface area contributed by atoms with Crippen LogP contribution in [0.25, 0.3) is 0 Å². The van der Waals surface area contributed by atoms with Crippen LogP contribution in [0, 0.1) is 11.2 Å². The summed E-state index contributed by atoms with van der Waals surface area (Å²) >= 11 is 5.69. The van der Waals surface area contributed by atoms with Crippen LogP contribution in [-0.2, 0) is 14.8 Å². The van der Waals surface area contributed by atoms with Gasteiger partial charge in [0.25, 0.3) is 0 Å². The summed E-state index contributed by atoms with van der Waals surface area (Å²) in [5, 5.41) is 8.75. The summed E-state index contributed by atoms with van der Waals surface area (Å²) in [6, 6.07) is 2.93. The fraction of sp³-hybridized carbons (Fsp3) is 0.364. The number of halogens is 2. The van der Waals surface area contributed by atoms with Crippen LogP contribution in [0.1, 0.15) is 13.8 Å². The van der Waals surface area contributed by atoms with Crippen molar-refractivity contribution < 1.29 is 22.7 Å². The van der Waals surface area contributed by atoms with E-state index in [-0.39, 0.29) is 11.6 Å². The van der Waals surface area contributed by atoms with Crippen LogP contribution < -0.4 is 4.72 Å². The summed E-state index contributed by atoms with van der Waals surface area (Å²) in [6.45, 7) is 2.40. The zero-order valence-electron chi connectivity index (χ0n) is 10.3. The van der Waals surface area contributed by atoms with Gasteiger partial charge in [0.05, 0.1) is 10.4 Å². The maximum atomic E-state index is 13.0. The average Bonchev–Trinajstić information content (AvgIpc) is 2.30. The average molecular weight is 310 g/mol. The van der Waals surface area contributed by atoms with Crippen LogP contribution in [0.4, 0.5) is 4.39 Å². The van der Waals surface area contributed by atoms with E-state index in [2.05, 4.69) is 4.72 Å². The first-order valence-corrected chi connectivity index (χ1v) is 7.10. The molecule has 0 aliphatic rings. The highest BCUT2D eigenvalue weighted by atomic mass is 35.5. The molecular weight excluding hydrogens is 297 g/mol. The van der Waals surface area contributed by atoms with Crippen LogP contribution in [0.3, 0.4) is 0 Å². The summed E-state index contributed by atoms with van der Waals surface area (Å²) in [6.07, 6.45) is 0. The Balaban J connectivity index is 3.00. The molecule has 0 aliphatic heterocycles. The Morgan fingerprint density at radius 3 is 2.58 bits per heavy atom. The lowest BCUT2D eigenvalue weighted by Gasteiger charge is -2.19. The van der Waals surface area contributed by atoms with Gasteiger partial charge in [-0.15, -0.1) is 0 Å².